The van der Waals surface area contributed by atoms with Crippen LogP contribution in [0.2, 0.25) is 0 Å². The van der Waals surface area contributed by atoms with E-state index >= 15 is 0 Å². The summed E-state index contributed by atoms with van der Waals surface area (Å²) in [5, 5.41) is 4.12. The van der Waals surface area contributed by atoms with E-state index in [-0.39, 0.29) is 11.4 Å². The molecule has 0 spiro atoms. The predicted molar refractivity (Wildman–Crippen MR) is 91.5 cm³/mol. The minimum absolute atomic E-state index is 0.0489. The lowest BCUT2D eigenvalue weighted by Crippen LogP contribution is -2.11. The van der Waals surface area contributed by atoms with Crippen LogP contribution in [0, 0.1) is 0 Å². The first-order valence-corrected chi connectivity index (χ1v) is 7.51. The van der Waals surface area contributed by atoms with Crippen LogP contribution in [0.1, 0.15) is 33.3 Å². The predicted octanol–water partition coefficient (Wildman–Crippen LogP) is 5.22. The number of rotatable bonds is 1. The van der Waals surface area contributed by atoms with Gasteiger partial charge in [0.1, 0.15) is 5.75 Å². The molecule has 0 bridgehead atoms. The number of benzene rings is 3. The highest BCUT2D eigenvalue weighted by Crippen LogP contribution is 2.37. The van der Waals surface area contributed by atoms with E-state index in [9.17, 15) is 4.79 Å². The quantitative estimate of drug-likeness (QED) is 0.349. The number of carbonyl (C=O) groups excluding carboxylic acids is 1. The van der Waals surface area contributed by atoms with Crippen molar-refractivity contribution in [1.29, 1.82) is 0 Å². The highest BCUT2D eigenvalue weighted by Gasteiger charge is 2.17. The SMILES string of the molecule is CC(=O)Oc1c2ccccc2cc2ccc(C(C)(C)C)cc12. The summed E-state index contributed by atoms with van der Waals surface area (Å²) in [6.45, 7) is 7.99. The summed E-state index contributed by atoms with van der Waals surface area (Å²) in [4.78, 5) is 11.6. The second kappa shape index (κ2) is 5.13. The van der Waals surface area contributed by atoms with Crippen molar-refractivity contribution in [2.45, 2.75) is 33.1 Å². The summed E-state index contributed by atoms with van der Waals surface area (Å²) in [5.41, 5.74) is 1.27. The van der Waals surface area contributed by atoms with Crippen LogP contribution in [0.4, 0.5) is 0 Å². The topological polar surface area (TPSA) is 26.3 Å². The second-order valence-corrected chi connectivity index (χ2v) is 6.71. The Bertz CT molecular complexity index is 870. The van der Waals surface area contributed by atoms with E-state index in [0.29, 0.717) is 5.75 Å². The summed E-state index contributed by atoms with van der Waals surface area (Å²) < 4.78 is 5.57. The standard InChI is InChI=1S/C20H20O2/c1-13(21)22-19-17-8-6-5-7-14(17)11-15-9-10-16(12-18(15)19)20(2,3)4/h5-12H,1-4H3. The Kier molecular flexibility index (Phi) is 3.40. The van der Waals surface area contributed by atoms with E-state index < -0.39 is 0 Å². The molecule has 0 aromatic heterocycles. The molecule has 3 rings (SSSR count). The van der Waals surface area contributed by atoms with Gasteiger partial charge in [-0.15, -0.1) is 0 Å². The van der Waals surface area contributed by atoms with Crippen LogP contribution in [-0.2, 0) is 10.2 Å². The Morgan fingerprint density at radius 2 is 1.59 bits per heavy atom. The van der Waals surface area contributed by atoms with Gasteiger partial charge in [0.2, 0.25) is 0 Å². The lowest BCUT2D eigenvalue weighted by atomic mass is 9.85. The average molecular weight is 292 g/mol. The molecule has 0 saturated carbocycles. The zero-order valence-electron chi connectivity index (χ0n) is 13.4. The molecule has 0 aliphatic heterocycles. The van der Waals surface area contributed by atoms with Crippen molar-refractivity contribution in [3.63, 3.8) is 0 Å². The van der Waals surface area contributed by atoms with E-state index in [1.165, 1.54) is 12.5 Å². The fraction of sp³-hybridized carbons (Fsp3) is 0.250. The molecule has 0 fully saturated rings. The minimum atomic E-state index is -0.293. The molecule has 0 N–H and O–H groups in total. The van der Waals surface area contributed by atoms with Gasteiger partial charge in [-0.2, -0.15) is 0 Å². The van der Waals surface area contributed by atoms with Gasteiger partial charge in [-0.25, -0.2) is 0 Å². The van der Waals surface area contributed by atoms with E-state index in [4.69, 9.17) is 4.74 Å². The molecule has 3 aromatic carbocycles. The van der Waals surface area contributed by atoms with Gasteiger partial charge in [-0.05, 0) is 33.9 Å². The third-order valence-corrected chi connectivity index (χ3v) is 3.93. The van der Waals surface area contributed by atoms with Crippen LogP contribution in [0.5, 0.6) is 5.75 Å². The molecule has 0 saturated heterocycles. The van der Waals surface area contributed by atoms with Crippen molar-refractivity contribution in [3.05, 3.63) is 54.1 Å². The number of ether oxygens (including phenoxy) is 1. The van der Waals surface area contributed by atoms with Crippen molar-refractivity contribution in [2.75, 3.05) is 0 Å². The maximum atomic E-state index is 11.6. The van der Waals surface area contributed by atoms with Crippen molar-refractivity contribution >= 4 is 27.5 Å². The Hall–Kier alpha value is -2.35. The summed E-state index contributed by atoms with van der Waals surface area (Å²) >= 11 is 0. The van der Waals surface area contributed by atoms with E-state index in [1.807, 2.05) is 24.3 Å². The van der Waals surface area contributed by atoms with Crippen molar-refractivity contribution in [2.24, 2.45) is 0 Å². The first-order valence-electron chi connectivity index (χ1n) is 7.51. The van der Waals surface area contributed by atoms with Crippen LogP contribution >= 0.6 is 0 Å². The number of hydrogen-bond donors (Lipinski definition) is 0. The molecule has 2 heteroatoms. The maximum Gasteiger partial charge on any atom is 0.308 e. The fourth-order valence-corrected chi connectivity index (χ4v) is 2.74. The van der Waals surface area contributed by atoms with Gasteiger partial charge in [-0.3, -0.25) is 4.79 Å². The first kappa shape index (κ1) is 14.6. The lowest BCUT2D eigenvalue weighted by Gasteiger charge is -2.20. The highest BCUT2D eigenvalue weighted by molar-refractivity contribution is 6.06. The number of carbonyl (C=O) groups is 1. The van der Waals surface area contributed by atoms with Gasteiger partial charge in [0, 0.05) is 17.7 Å². The Labute approximate surface area is 130 Å². The van der Waals surface area contributed by atoms with Crippen molar-refractivity contribution in [3.8, 4) is 5.75 Å². The molecule has 0 aliphatic rings. The van der Waals surface area contributed by atoms with Crippen LogP contribution in [0.25, 0.3) is 21.5 Å². The third-order valence-electron chi connectivity index (χ3n) is 3.93. The van der Waals surface area contributed by atoms with Crippen LogP contribution in [0.15, 0.2) is 48.5 Å². The molecular formula is C20H20O2. The molecule has 0 radical (unpaired) electrons. The van der Waals surface area contributed by atoms with Gasteiger partial charge in [0.25, 0.3) is 0 Å². The average Bonchev–Trinajstić information content (AvgIpc) is 2.45. The molecule has 0 unspecified atom stereocenters. The van der Waals surface area contributed by atoms with Gasteiger partial charge in [-0.1, -0.05) is 57.2 Å². The summed E-state index contributed by atoms with van der Waals surface area (Å²) in [6, 6.07) is 16.5. The molecule has 22 heavy (non-hydrogen) atoms. The zero-order valence-corrected chi connectivity index (χ0v) is 13.4. The normalized spacial score (nSPS) is 11.8. The molecule has 0 heterocycles. The molecule has 2 nitrogen and oxygen atoms in total. The minimum Gasteiger partial charge on any atom is -0.425 e. The van der Waals surface area contributed by atoms with Crippen LogP contribution in [0.3, 0.4) is 0 Å². The summed E-state index contributed by atoms with van der Waals surface area (Å²) in [5.74, 6) is 0.366. The van der Waals surface area contributed by atoms with Gasteiger partial charge in [0.15, 0.2) is 0 Å². The maximum absolute atomic E-state index is 11.6. The number of esters is 1. The monoisotopic (exact) mass is 292 g/mol. The smallest absolute Gasteiger partial charge is 0.308 e. The summed E-state index contributed by atoms with van der Waals surface area (Å²) in [6.07, 6.45) is 0. The molecule has 3 aromatic rings. The third kappa shape index (κ3) is 2.57. The molecule has 0 aliphatic carbocycles. The van der Waals surface area contributed by atoms with Gasteiger partial charge < -0.3 is 4.74 Å². The van der Waals surface area contributed by atoms with Crippen LogP contribution < -0.4 is 4.74 Å². The van der Waals surface area contributed by atoms with Crippen molar-refractivity contribution < 1.29 is 9.53 Å². The molecule has 0 atom stereocenters. The second-order valence-electron chi connectivity index (χ2n) is 6.71. The fourth-order valence-electron chi connectivity index (χ4n) is 2.74. The van der Waals surface area contributed by atoms with Crippen molar-refractivity contribution in [1.82, 2.24) is 0 Å². The molecule has 112 valence electrons. The van der Waals surface area contributed by atoms with E-state index in [2.05, 4.69) is 45.0 Å². The van der Waals surface area contributed by atoms with Crippen LogP contribution in [-0.4, -0.2) is 5.97 Å². The highest BCUT2D eigenvalue weighted by atomic mass is 16.5. The zero-order chi connectivity index (χ0) is 15.9. The largest absolute Gasteiger partial charge is 0.425 e. The van der Waals surface area contributed by atoms with E-state index in [1.54, 1.807) is 0 Å². The Morgan fingerprint density at radius 1 is 0.909 bits per heavy atom. The van der Waals surface area contributed by atoms with Gasteiger partial charge in [0.05, 0.1) is 0 Å². The Morgan fingerprint density at radius 3 is 2.27 bits per heavy atom. The van der Waals surface area contributed by atoms with Gasteiger partial charge >= 0.3 is 5.97 Å². The number of fused-ring (bicyclic) bond motifs is 2. The molecular weight excluding hydrogens is 272 g/mol. The number of hydrogen-bond acceptors (Lipinski definition) is 2. The first-order chi connectivity index (χ1) is 10.4. The van der Waals surface area contributed by atoms with E-state index in [0.717, 1.165) is 21.5 Å². The lowest BCUT2D eigenvalue weighted by molar-refractivity contribution is -0.131. The molecule has 0 amide bonds. The summed E-state index contributed by atoms with van der Waals surface area (Å²) in [7, 11) is 0. The Balaban J connectivity index is 2.40.